The molecule has 1 unspecified atom stereocenters. The van der Waals surface area contributed by atoms with Gasteiger partial charge in [-0.1, -0.05) is 18.2 Å². The number of fused-ring (bicyclic) bond motifs is 1. The Bertz CT molecular complexity index is 925. The smallest absolute Gasteiger partial charge is 0.270 e. The van der Waals surface area contributed by atoms with E-state index in [1.165, 1.54) is 0 Å². The third kappa shape index (κ3) is 3.21. The molecule has 7 nitrogen and oxygen atoms in total. The maximum absolute atomic E-state index is 12.7. The molecule has 4 rings (SSSR count). The Labute approximate surface area is 151 Å². The number of sulfone groups is 1. The van der Waals surface area contributed by atoms with Crippen molar-refractivity contribution in [2.24, 2.45) is 5.92 Å². The molecule has 0 radical (unpaired) electrons. The van der Waals surface area contributed by atoms with E-state index in [0.717, 1.165) is 10.9 Å². The molecule has 26 heavy (non-hydrogen) atoms. The number of hydrogen-bond donors (Lipinski definition) is 1. The first-order chi connectivity index (χ1) is 12.4. The number of hydrogen-bond acceptors (Lipinski definition) is 4. The van der Waals surface area contributed by atoms with E-state index < -0.39 is 15.8 Å². The fourth-order valence-electron chi connectivity index (χ4n) is 3.74. The number of H-pyrrole nitrogens is 1. The minimum atomic E-state index is -3.07. The first kappa shape index (κ1) is 17.1. The van der Waals surface area contributed by atoms with Crippen LogP contribution in [0.1, 0.15) is 16.9 Å². The van der Waals surface area contributed by atoms with Gasteiger partial charge in [0.15, 0.2) is 9.84 Å². The van der Waals surface area contributed by atoms with Gasteiger partial charge in [0.05, 0.1) is 17.4 Å². The van der Waals surface area contributed by atoms with Gasteiger partial charge in [0.25, 0.3) is 5.91 Å². The molecular formula is C18H21N3O4S. The number of aromatic nitrogens is 1. The lowest BCUT2D eigenvalue weighted by molar-refractivity contribution is -0.136. The highest BCUT2D eigenvalue weighted by molar-refractivity contribution is 7.91. The van der Waals surface area contributed by atoms with Crippen LogP contribution in [0.15, 0.2) is 30.3 Å². The molecule has 1 aromatic heterocycles. The van der Waals surface area contributed by atoms with Crippen molar-refractivity contribution in [3.8, 4) is 0 Å². The molecule has 2 aliphatic heterocycles. The van der Waals surface area contributed by atoms with E-state index in [0.29, 0.717) is 38.3 Å². The lowest BCUT2D eigenvalue weighted by Crippen LogP contribution is -2.52. The Kier molecular flexibility index (Phi) is 4.22. The van der Waals surface area contributed by atoms with Crippen molar-refractivity contribution in [1.82, 2.24) is 14.8 Å². The number of rotatable bonds is 2. The highest BCUT2D eigenvalue weighted by Gasteiger charge is 2.36. The van der Waals surface area contributed by atoms with Crippen LogP contribution in [0.4, 0.5) is 0 Å². The van der Waals surface area contributed by atoms with Crippen LogP contribution in [0.2, 0.25) is 0 Å². The largest absolute Gasteiger partial charge is 0.351 e. The predicted molar refractivity (Wildman–Crippen MR) is 97.5 cm³/mol. The molecule has 1 N–H and O–H groups in total. The van der Waals surface area contributed by atoms with Crippen molar-refractivity contribution in [1.29, 1.82) is 0 Å². The monoisotopic (exact) mass is 375 g/mol. The van der Waals surface area contributed by atoms with E-state index in [-0.39, 0.29) is 23.3 Å². The number of aromatic amines is 1. The lowest BCUT2D eigenvalue weighted by atomic mass is 10.1. The summed E-state index contributed by atoms with van der Waals surface area (Å²) in [5.74, 6) is -0.529. The molecule has 2 fully saturated rings. The van der Waals surface area contributed by atoms with E-state index in [4.69, 9.17) is 0 Å². The minimum absolute atomic E-state index is 0.0416. The van der Waals surface area contributed by atoms with Gasteiger partial charge in [0, 0.05) is 37.1 Å². The molecule has 2 aliphatic rings. The number of para-hydroxylation sites is 1. The summed E-state index contributed by atoms with van der Waals surface area (Å²) in [6.45, 7) is 1.81. The number of piperazine rings is 1. The normalized spacial score (nSPS) is 22.7. The Hall–Kier alpha value is -2.35. The van der Waals surface area contributed by atoms with Crippen LogP contribution in [0.5, 0.6) is 0 Å². The van der Waals surface area contributed by atoms with Crippen LogP contribution in [0.25, 0.3) is 10.9 Å². The topological polar surface area (TPSA) is 90.6 Å². The maximum Gasteiger partial charge on any atom is 0.270 e. The first-order valence-corrected chi connectivity index (χ1v) is 10.6. The zero-order valence-corrected chi connectivity index (χ0v) is 15.2. The second kappa shape index (κ2) is 6.42. The van der Waals surface area contributed by atoms with Gasteiger partial charge in [-0.3, -0.25) is 9.59 Å². The second-order valence-corrected chi connectivity index (χ2v) is 9.22. The van der Waals surface area contributed by atoms with Crippen molar-refractivity contribution in [3.63, 3.8) is 0 Å². The van der Waals surface area contributed by atoms with E-state index >= 15 is 0 Å². The highest BCUT2D eigenvalue weighted by Crippen LogP contribution is 2.22. The van der Waals surface area contributed by atoms with Crippen molar-refractivity contribution in [2.75, 3.05) is 37.7 Å². The maximum atomic E-state index is 12.7. The van der Waals surface area contributed by atoms with Gasteiger partial charge < -0.3 is 14.8 Å². The fraction of sp³-hybridized carbons (Fsp3) is 0.444. The van der Waals surface area contributed by atoms with Gasteiger partial charge in [-0.05, 0) is 18.6 Å². The molecule has 2 aromatic rings. The van der Waals surface area contributed by atoms with Crippen molar-refractivity contribution in [3.05, 3.63) is 36.0 Å². The SMILES string of the molecule is O=C(c1cc2ccccc2[nH]1)N1CCN(C(=O)C2CCS(=O)(=O)C2)CC1. The number of carbonyl (C=O) groups excluding carboxylic acids is 2. The summed E-state index contributed by atoms with van der Waals surface area (Å²) < 4.78 is 23.1. The first-order valence-electron chi connectivity index (χ1n) is 8.79. The van der Waals surface area contributed by atoms with Crippen molar-refractivity contribution in [2.45, 2.75) is 6.42 Å². The highest BCUT2D eigenvalue weighted by atomic mass is 32.2. The predicted octanol–water partition coefficient (Wildman–Crippen LogP) is 0.887. The van der Waals surface area contributed by atoms with Crippen LogP contribution < -0.4 is 0 Å². The van der Waals surface area contributed by atoms with Crippen LogP contribution in [-0.4, -0.2) is 72.7 Å². The molecule has 138 valence electrons. The summed E-state index contributed by atoms with van der Waals surface area (Å²) in [5.41, 5.74) is 1.47. The quantitative estimate of drug-likeness (QED) is 0.844. The standard InChI is InChI=1S/C18H21N3O4S/c22-17(14-5-10-26(24,25)12-14)20-6-8-21(9-7-20)18(23)16-11-13-3-1-2-4-15(13)19-16/h1-4,11,14,19H,5-10,12H2. The number of amides is 2. The van der Waals surface area contributed by atoms with Gasteiger partial charge >= 0.3 is 0 Å². The summed E-state index contributed by atoms with van der Waals surface area (Å²) >= 11 is 0. The molecule has 0 aliphatic carbocycles. The average Bonchev–Trinajstić information content (AvgIpc) is 3.23. The van der Waals surface area contributed by atoms with Gasteiger partial charge in [0.1, 0.15) is 5.69 Å². The van der Waals surface area contributed by atoms with Crippen LogP contribution in [-0.2, 0) is 14.6 Å². The molecule has 1 atom stereocenters. The Balaban J connectivity index is 1.38. The Morgan fingerprint density at radius 3 is 2.38 bits per heavy atom. The van der Waals surface area contributed by atoms with Gasteiger partial charge in [0.2, 0.25) is 5.91 Å². The molecule has 2 saturated heterocycles. The number of nitrogens with one attached hydrogen (secondary N) is 1. The summed E-state index contributed by atoms with van der Waals surface area (Å²) in [6.07, 6.45) is 0.412. The molecule has 1 aromatic carbocycles. The molecular weight excluding hydrogens is 354 g/mol. The lowest BCUT2D eigenvalue weighted by Gasteiger charge is -2.35. The molecule has 3 heterocycles. The zero-order chi connectivity index (χ0) is 18.3. The Morgan fingerprint density at radius 1 is 1.04 bits per heavy atom. The van der Waals surface area contributed by atoms with E-state index in [1.807, 2.05) is 30.3 Å². The number of nitrogens with zero attached hydrogens (tertiary/aromatic N) is 2. The van der Waals surface area contributed by atoms with Gasteiger partial charge in [-0.2, -0.15) is 0 Å². The molecule has 2 amide bonds. The van der Waals surface area contributed by atoms with Crippen molar-refractivity contribution < 1.29 is 18.0 Å². The number of benzene rings is 1. The van der Waals surface area contributed by atoms with E-state index in [9.17, 15) is 18.0 Å². The summed E-state index contributed by atoms with van der Waals surface area (Å²) in [7, 11) is -3.07. The summed E-state index contributed by atoms with van der Waals surface area (Å²) in [5, 5.41) is 0.993. The van der Waals surface area contributed by atoms with E-state index in [1.54, 1.807) is 9.80 Å². The van der Waals surface area contributed by atoms with Crippen LogP contribution in [0, 0.1) is 5.92 Å². The average molecular weight is 375 g/mol. The van der Waals surface area contributed by atoms with E-state index in [2.05, 4.69) is 4.98 Å². The van der Waals surface area contributed by atoms with Crippen molar-refractivity contribution >= 4 is 32.6 Å². The van der Waals surface area contributed by atoms with Gasteiger partial charge in [-0.15, -0.1) is 0 Å². The third-order valence-corrected chi connectivity index (χ3v) is 6.99. The van der Waals surface area contributed by atoms with Crippen LogP contribution >= 0.6 is 0 Å². The molecule has 0 saturated carbocycles. The van der Waals surface area contributed by atoms with Crippen LogP contribution in [0.3, 0.4) is 0 Å². The Morgan fingerprint density at radius 2 is 1.73 bits per heavy atom. The molecule has 8 heteroatoms. The zero-order valence-electron chi connectivity index (χ0n) is 14.3. The summed E-state index contributed by atoms with van der Waals surface area (Å²) in [4.78, 5) is 31.8. The molecule has 0 bridgehead atoms. The number of carbonyl (C=O) groups is 2. The minimum Gasteiger partial charge on any atom is -0.351 e. The van der Waals surface area contributed by atoms with Gasteiger partial charge in [-0.25, -0.2) is 8.42 Å². The molecule has 0 spiro atoms. The fourth-order valence-corrected chi connectivity index (χ4v) is 5.47. The third-order valence-electron chi connectivity index (χ3n) is 5.22. The summed E-state index contributed by atoms with van der Waals surface area (Å²) in [6, 6.07) is 9.57. The second-order valence-electron chi connectivity index (χ2n) is 6.99.